The summed E-state index contributed by atoms with van der Waals surface area (Å²) in [5.74, 6) is -0.0548. The van der Waals surface area contributed by atoms with E-state index >= 15 is 0 Å². The smallest absolute Gasteiger partial charge is 0.278 e. The Morgan fingerprint density at radius 1 is 0.963 bits per heavy atom. The minimum absolute atomic E-state index is 0.132. The summed E-state index contributed by atoms with van der Waals surface area (Å²) >= 11 is 0. The maximum atomic E-state index is 13.2. The van der Waals surface area contributed by atoms with Crippen LogP contribution in [-0.4, -0.2) is 21.7 Å². The van der Waals surface area contributed by atoms with Gasteiger partial charge in [0.15, 0.2) is 6.17 Å². The number of anilines is 1. The minimum Gasteiger partial charge on any atom is -0.507 e. The molecular weight excluding hydrogens is 338 g/mol. The standard InChI is InChI=1S/C22H19N3O2/c1-15(17-11-6-8-14-20(17)26)24-25-21(16-9-3-2-4-10-16)23-19-13-7-5-12-18(19)22(25)27/h2-14,21,23,26H,1H3/b24-15+/t21-/m1/s1. The average Bonchev–Trinajstić information content (AvgIpc) is 2.71. The molecular formula is C22H19N3O2. The van der Waals surface area contributed by atoms with Crippen LogP contribution < -0.4 is 5.32 Å². The number of hydrazone groups is 1. The summed E-state index contributed by atoms with van der Waals surface area (Å²) in [7, 11) is 0. The molecule has 0 saturated carbocycles. The quantitative estimate of drug-likeness (QED) is 0.684. The molecule has 0 radical (unpaired) electrons. The largest absolute Gasteiger partial charge is 0.507 e. The highest BCUT2D eigenvalue weighted by molar-refractivity contribution is 6.05. The normalized spacial score (nSPS) is 16.6. The van der Waals surface area contributed by atoms with Crippen LogP contribution in [0.25, 0.3) is 0 Å². The number of hydrogen-bond donors (Lipinski definition) is 2. The molecule has 0 unspecified atom stereocenters. The highest BCUT2D eigenvalue weighted by Crippen LogP contribution is 2.33. The monoisotopic (exact) mass is 357 g/mol. The van der Waals surface area contributed by atoms with Gasteiger partial charge < -0.3 is 10.4 Å². The van der Waals surface area contributed by atoms with E-state index in [4.69, 9.17) is 0 Å². The van der Waals surface area contributed by atoms with E-state index in [0.29, 0.717) is 16.8 Å². The lowest BCUT2D eigenvalue weighted by Crippen LogP contribution is -2.40. The van der Waals surface area contributed by atoms with Crippen LogP contribution in [-0.2, 0) is 0 Å². The number of fused-ring (bicyclic) bond motifs is 1. The van der Waals surface area contributed by atoms with Crippen molar-refractivity contribution in [3.05, 3.63) is 95.6 Å². The third-order valence-electron chi connectivity index (χ3n) is 4.57. The number of phenols is 1. The predicted molar refractivity (Wildman–Crippen MR) is 106 cm³/mol. The number of carbonyl (C=O) groups is 1. The second-order valence-electron chi connectivity index (χ2n) is 6.36. The second kappa shape index (κ2) is 6.96. The molecule has 5 nitrogen and oxygen atoms in total. The van der Waals surface area contributed by atoms with Crippen LogP contribution in [0.15, 0.2) is 84.0 Å². The lowest BCUT2D eigenvalue weighted by atomic mass is 10.0. The number of rotatable bonds is 3. The number of carbonyl (C=O) groups excluding carboxylic acids is 1. The van der Waals surface area contributed by atoms with Gasteiger partial charge in [-0.25, -0.2) is 5.01 Å². The average molecular weight is 357 g/mol. The lowest BCUT2D eigenvalue weighted by Gasteiger charge is -2.35. The number of amides is 1. The van der Waals surface area contributed by atoms with Crippen molar-refractivity contribution in [2.24, 2.45) is 5.10 Å². The van der Waals surface area contributed by atoms with E-state index in [1.165, 1.54) is 5.01 Å². The topological polar surface area (TPSA) is 64.9 Å². The Labute approximate surface area is 157 Å². The summed E-state index contributed by atoms with van der Waals surface area (Å²) < 4.78 is 0. The molecule has 0 saturated heterocycles. The Morgan fingerprint density at radius 3 is 2.41 bits per heavy atom. The zero-order chi connectivity index (χ0) is 18.8. The highest BCUT2D eigenvalue weighted by Gasteiger charge is 2.33. The van der Waals surface area contributed by atoms with E-state index in [0.717, 1.165) is 11.3 Å². The van der Waals surface area contributed by atoms with E-state index in [2.05, 4.69) is 10.4 Å². The molecule has 1 aliphatic heterocycles. The lowest BCUT2D eigenvalue weighted by molar-refractivity contribution is 0.0689. The fraction of sp³-hybridized carbons (Fsp3) is 0.0909. The van der Waals surface area contributed by atoms with Crippen molar-refractivity contribution in [3.8, 4) is 5.75 Å². The van der Waals surface area contributed by atoms with Crippen LogP contribution in [0.5, 0.6) is 5.75 Å². The van der Waals surface area contributed by atoms with Gasteiger partial charge in [0.1, 0.15) is 5.75 Å². The Kier molecular flexibility index (Phi) is 4.34. The summed E-state index contributed by atoms with van der Waals surface area (Å²) in [6.07, 6.45) is -0.436. The molecule has 0 aliphatic carbocycles. The summed E-state index contributed by atoms with van der Waals surface area (Å²) in [4.78, 5) is 13.2. The van der Waals surface area contributed by atoms with Gasteiger partial charge >= 0.3 is 0 Å². The first-order chi connectivity index (χ1) is 13.1. The third kappa shape index (κ3) is 3.15. The number of aromatic hydroxyl groups is 1. The van der Waals surface area contributed by atoms with Crippen molar-refractivity contribution in [1.82, 2.24) is 5.01 Å². The molecule has 1 heterocycles. The SMILES string of the molecule is C/C(=N\N1C(=O)c2ccccc2N[C@H]1c1ccccc1)c1ccccc1O. The van der Waals surface area contributed by atoms with E-state index < -0.39 is 6.17 Å². The molecule has 0 aromatic heterocycles. The van der Waals surface area contributed by atoms with Gasteiger partial charge in [-0.05, 0) is 36.8 Å². The molecule has 134 valence electrons. The predicted octanol–water partition coefficient (Wildman–Crippen LogP) is 4.38. The van der Waals surface area contributed by atoms with Gasteiger partial charge in [-0.3, -0.25) is 4.79 Å². The molecule has 1 amide bonds. The highest BCUT2D eigenvalue weighted by atomic mass is 16.3. The van der Waals surface area contributed by atoms with Crippen LogP contribution in [0, 0.1) is 0 Å². The second-order valence-corrected chi connectivity index (χ2v) is 6.36. The van der Waals surface area contributed by atoms with Gasteiger partial charge in [0.25, 0.3) is 5.91 Å². The molecule has 1 aliphatic rings. The first-order valence-electron chi connectivity index (χ1n) is 8.73. The Bertz CT molecular complexity index is 1010. The van der Waals surface area contributed by atoms with Gasteiger partial charge in [-0.2, -0.15) is 5.10 Å². The first kappa shape index (κ1) is 16.8. The van der Waals surface area contributed by atoms with E-state index in [-0.39, 0.29) is 11.7 Å². The molecule has 5 heteroatoms. The molecule has 4 rings (SSSR count). The summed E-state index contributed by atoms with van der Waals surface area (Å²) in [6, 6.07) is 24.1. The number of nitrogens with one attached hydrogen (secondary N) is 1. The molecule has 0 bridgehead atoms. The number of para-hydroxylation sites is 2. The van der Waals surface area contributed by atoms with Crippen LogP contribution >= 0.6 is 0 Å². The summed E-state index contributed by atoms with van der Waals surface area (Å²) in [5.41, 5.74) is 3.43. The molecule has 27 heavy (non-hydrogen) atoms. The Balaban J connectivity index is 1.81. The number of phenolic OH excluding ortho intramolecular Hbond substituents is 1. The fourth-order valence-corrected chi connectivity index (χ4v) is 3.20. The summed E-state index contributed by atoms with van der Waals surface area (Å²) in [5, 5.41) is 19.5. The van der Waals surface area contributed by atoms with Gasteiger partial charge in [0, 0.05) is 11.3 Å². The molecule has 3 aromatic carbocycles. The molecule has 0 fully saturated rings. The molecule has 0 spiro atoms. The Hall–Kier alpha value is -3.60. The molecule has 3 aromatic rings. The van der Waals surface area contributed by atoms with Crippen LogP contribution in [0.2, 0.25) is 0 Å². The maximum absolute atomic E-state index is 13.2. The van der Waals surface area contributed by atoms with Crippen molar-refractivity contribution in [1.29, 1.82) is 0 Å². The summed E-state index contributed by atoms with van der Waals surface area (Å²) in [6.45, 7) is 1.78. The van der Waals surface area contributed by atoms with Gasteiger partial charge in [0.2, 0.25) is 0 Å². The maximum Gasteiger partial charge on any atom is 0.278 e. The zero-order valence-electron chi connectivity index (χ0n) is 14.8. The van der Waals surface area contributed by atoms with Gasteiger partial charge in [-0.15, -0.1) is 0 Å². The van der Waals surface area contributed by atoms with Crippen LogP contribution in [0.1, 0.15) is 34.6 Å². The zero-order valence-corrected chi connectivity index (χ0v) is 14.8. The first-order valence-corrected chi connectivity index (χ1v) is 8.73. The van der Waals surface area contributed by atoms with E-state index in [1.807, 2.05) is 54.6 Å². The Morgan fingerprint density at radius 2 is 1.63 bits per heavy atom. The number of hydrogen-bond acceptors (Lipinski definition) is 4. The van der Waals surface area contributed by atoms with Crippen molar-refractivity contribution < 1.29 is 9.90 Å². The van der Waals surface area contributed by atoms with Crippen molar-refractivity contribution >= 4 is 17.3 Å². The van der Waals surface area contributed by atoms with Crippen molar-refractivity contribution in [2.75, 3.05) is 5.32 Å². The van der Waals surface area contributed by atoms with E-state index in [9.17, 15) is 9.90 Å². The van der Waals surface area contributed by atoms with Crippen LogP contribution in [0.4, 0.5) is 5.69 Å². The van der Waals surface area contributed by atoms with Gasteiger partial charge in [-0.1, -0.05) is 54.6 Å². The van der Waals surface area contributed by atoms with Crippen molar-refractivity contribution in [2.45, 2.75) is 13.1 Å². The molecule has 1 atom stereocenters. The molecule has 2 N–H and O–H groups in total. The van der Waals surface area contributed by atoms with E-state index in [1.54, 1.807) is 31.2 Å². The third-order valence-corrected chi connectivity index (χ3v) is 4.57. The van der Waals surface area contributed by atoms with Gasteiger partial charge in [0.05, 0.1) is 11.3 Å². The number of nitrogens with zero attached hydrogens (tertiary/aromatic N) is 2. The van der Waals surface area contributed by atoms with Crippen LogP contribution in [0.3, 0.4) is 0 Å². The fourth-order valence-electron chi connectivity index (χ4n) is 3.20. The minimum atomic E-state index is -0.436. The number of benzene rings is 3. The van der Waals surface area contributed by atoms with Crippen molar-refractivity contribution in [3.63, 3.8) is 0 Å².